The predicted octanol–water partition coefficient (Wildman–Crippen LogP) is 3.10. The highest BCUT2D eigenvalue weighted by atomic mass is 127. The number of hydrogen-bond acceptors (Lipinski definition) is 3. The number of benzene rings is 1. The highest BCUT2D eigenvalue weighted by molar-refractivity contribution is 14.1. The molecule has 0 fully saturated rings. The van der Waals surface area contributed by atoms with Crippen LogP contribution in [0.1, 0.15) is 0 Å². The lowest BCUT2D eigenvalue weighted by Gasteiger charge is -2.05. The van der Waals surface area contributed by atoms with Gasteiger partial charge in [0.1, 0.15) is 5.75 Å². The summed E-state index contributed by atoms with van der Waals surface area (Å²) in [6.07, 6.45) is 0. The van der Waals surface area contributed by atoms with E-state index >= 15 is 0 Å². The normalized spacial score (nSPS) is 10.6. The Morgan fingerprint density at radius 2 is 2.31 bits per heavy atom. The molecule has 0 saturated heterocycles. The number of halogens is 1. The van der Waals surface area contributed by atoms with Crippen LogP contribution in [-0.4, -0.2) is 7.11 Å². The number of methoxy groups -OCH3 is 1. The molecule has 0 amide bonds. The van der Waals surface area contributed by atoms with Gasteiger partial charge in [-0.25, -0.2) is 0 Å². The molecule has 1 aromatic heterocycles. The first kappa shape index (κ1) is 9.08. The summed E-state index contributed by atoms with van der Waals surface area (Å²) < 4.78 is 7.57. The van der Waals surface area contributed by atoms with Gasteiger partial charge in [-0.05, 0) is 34.0 Å². The van der Waals surface area contributed by atoms with E-state index in [-0.39, 0.29) is 0 Å². The van der Waals surface area contributed by atoms with Crippen molar-refractivity contribution in [1.29, 1.82) is 0 Å². The summed E-state index contributed by atoms with van der Waals surface area (Å²) >= 11 is 3.95. The number of ether oxygens (including phenoxy) is 1. The highest BCUT2D eigenvalue weighted by Crippen LogP contribution is 2.36. The largest absolute Gasteiger partial charge is 0.496 e. The van der Waals surface area contributed by atoms with Crippen molar-refractivity contribution in [3.05, 3.63) is 21.1 Å². The molecule has 68 valence electrons. The minimum atomic E-state index is 0.785. The lowest BCUT2D eigenvalue weighted by molar-refractivity contribution is 0.420. The van der Waals surface area contributed by atoms with E-state index < -0.39 is 0 Å². The molecule has 0 aliphatic carbocycles. The number of anilines is 1. The molecule has 2 nitrogen and oxygen atoms in total. The Bertz CT molecular complexity index is 452. The zero-order chi connectivity index (χ0) is 9.42. The molecule has 2 N–H and O–H groups in total. The zero-order valence-electron chi connectivity index (χ0n) is 7.00. The van der Waals surface area contributed by atoms with E-state index in [1.54, 1.807) is 18.4 Å². The van der Waals surface area contributed by atoms with E-state index in [4.69, 9.17) is 10.5 Å². The average Bonchev–Trinajstić information content (AvgIpc) is 2.60. The number of hydrogen-bond donors (Lipinski definition) is 1. The molecule has 13 heavy (non-hydrogen) atoms. The van der Waals surface area contributed by atoms with Crippen molar-refractivity contribution < 1.29 is 4.74 Å². The molecule has 0 aliphatic heterocycles. The molecule has 0 spiro atoms. The lowest BCUT2D eigenvalue weighted by Crippen LogP contribution is -1.91. The van der Waals surface area contributed by atoms with Crippen LogP contribution in [0.4, 0.5) is 5.69 Å². The number of nitrogen functional groups attached to an aromatic ring is 1. The zero-order valence-corrected chi connectivity index (χ0v) is 9.98. The van der Waals surface area contributed by atoms with E-state index in [1.807, 2.05) is 6.07 Å². The number of thiophene rings is 1. The van der Waals surface area contributed by atoms with Crippen LogP contribution in [0.2, 0.25) is 0 Å². The summed E-state index contributed by atoms with van der Waals surface area (Å²) in [5.41, 5.74) is 6.63. The third kappa shape index (κ3) is 1.38. The van der Waals surface area contributed by atoms with Crippen molar-refractivity contribution in [1.82, 2.24) is 0 Å². The number of nitrogens with two attached hydrogens (primary N) is 1. The fourth-order valence-corrected chi connectivity index (χ4v) is 2.94. The standard InChI is InChI=1S/C9H8INOS/c1-12-7-4-6(11)8(10)9-5(7)2-3-13-9/h2-4H,11H2,1H3. The summed E-state index contributed by atoms with van der Waals surface area (Å²) in [5.74, 6) is 0.856. The first-order valence-electron chi connectivity index (χ1n) is 3.73. The Kier molecular flexibility index (Phi) is 2.33. The van der Waals surface area contributed by atoms with Gasteiger partial charge in [0.25, 0.3) is 0 Å². The van der Waals surface area contributed by atoms with Gasteiger partial charge in [0.2, 0.25) is 0 Å². The second-order valence-corrected chi connectivity index (χ2v) is 4.64. The molecule has 0 aliphatic rings. The van der Waals surface area contributed by atoms with E-state index in [0.717, 1.165) is 20.4 Å². The number of fused-ring (bicyclic) bond motifs is 1. The Morgan fingerprint density at radius 1 is 1.54 bits per heavy atom. The van der Waals surface area contributed by atoms with Gasteiger partial charge in [-0.3, -0.25) is 0 Å². The van der Waals surface area contributed by atoms with Gasteiger partial charge < -0.3 is 10.5 Å². The Morgan fingerprint density at radius 3 is 3.00 bits per heavy atom. The molecule has 0 unspecified atom stereocenters. The van der Waals surface area contributed by atoms with Crippen molar-refractivity contribution in [3.63, 3.8) is 0 Å². The summed E-state index contributed by atoms with van der Waals surface area (Å²) in [4.78, 5) is 0. The minimum absolute atomic E-state index is 0.785. The molecular weight excluding hydrogens is 297 g/mol. The maximum Gasteiger partial charge on any atom is 0.129 e. The summed E-state index contributed by atoms with van der Waals surface area (Å²) in [6.45, 7) is 0. The fourth-order valence-electron chi connectivity index (χ4n) is 1.26. The molecule has 0 bridgehead atoms. The molecule has 2 rings (SSSR count). The second kappa shape index (κ2) is 3.34. The van der Waals surface area contributed by atoms with Crippen LogP contribution in [0.5, 0.6) is 5.75 Å². The van der Waals surface area contributed by atoms with Crippen LogP contribution in [-0.2, 0) is 0 Å². The van der Waals surface area contributed by atoms with Gasteiger partial charge in [-0.2, -0.15) is 0 Å². The van der Waals surface area contributed by atoms with E-state index in [9.17, 15) is 0 Å². The third-order valence-electron chi connectivity index (χ3n) is 1.89. The highest BCUT2D eigenvalue weighted by Gasteiger charge is 2.09. The van der Waals surface area contributed by atoms with Crippen molar-refractivity contribution in [2.45, 2.75) is 0 Å². The smallest absolute Gasteiger partial charge is 0.129 e. The van der Waals surface area contributed by atoms with E-state index in [1.165, 1.54) is 4.70 Å². The topological polar surface area (TPSA) is 35.2 Å². The van der Waals surface area contributed by atoms with E-state index in [0.29, 0.717) is 0 Å². The summed E-state index contributed by atoms with van der Waals surface area (Å²) in [5, 5.41) is 3.19. The van der Waals surface area contributed by atoms with E-state index in [2.05, 4.69) is 34.0 Å². The molecule has 1 aromatic carbocycles. The average molecular weight is 305 g/mol. The quantitative estimate of drug-likeness (QED) is 0.649. The van der Waals surface area contributed by atoms with Gasteiger partial charge >= 0.3 is 0 Å². The maximum atomic E-state index is 5.84. The van der Waals surface area contributed by atoms with Crippen LogP contribution in [0.15, 0.2) is 17.5 Å². The second-order valence-electron chi connectivity index (χ2n) is 2.65. The molecule has 0 radical (unpaired) electrons. The first-order chi connectivity index (χ1) is 6.24. The Balaban J connectivity index is 2.87. The first-order valence-corrected chi connectivity index (χ1v) is 5.69. The van der Waals surface area contributed by atoms with Crippen LogP contribution >= 0.6 is 33.9 Å². The van der Waals surface area contributed by atoms with Crippen LogP contribution in [0.25, 0.3) is 10.1 Å². The molecule has 4 heteroatoms. The van der Waals surface area contributed by atoms with Gasteiger partial charge in [-0.1, -0.05) is 0 Å². The van der Waals surface area contributed by atoms with Crippen LogP contribution in [0, 0.1) is 3.57 Å². The molecule has 0 atom stereocenters. The fraction of sp³-hybridized carbons (Fsp3) is 0.111. The molecule has 1 heterocycles. The molecule has 2 aromatic rings. The van der Waals surface area contributed by atoms with Crippen molar-refractivity contribution in [2.75, 3.05) is 12.8 Å². The van der Waals surface area contributed by atoms with Gasteiger partial charge in [0, 0.05) is 11.5 Å². The Hall–Kier alpha value is -0.490. The summed E-state index contributed by atoms with van der Waals surface area (Å²) in [6, 6.07) is 3.93. The Labute approximate surface area is 93.8 Å². The van der Waals surface area contributed by atoms with Crippen molar-refractivity contribution >= 4 is 49.7 Å². The number of rotatable bonds is 1. The van der Waals surface area contributed by atoms with Crippen molar-refractivity contribution in [2.24, 2.45) is 0 Å². The maximum absolute atomic E-state index is 5.84. The van der Waals surface area contributed by atoms with Crippen molar-refractivity contribution in [3.8, 4) is 5.75 Å². The SMILES string of the molecule is COc1cc(N)c(I)c2sccc12. The molecule has 0 saturated carbocycles. The minimum Gasteiger partial charge on any atom is -0.496 e. The third-order valence-corrected chi connectivity index (χ3v) is 4.35. The van der Waals surface area contributed by atoms with Gasteiger partial charge in [0.05, 0.1) is 21.1 Å². The van der Waals surface area contributed by atoms with Gasteiger partial charge in [0.15, 0.2) is 0 Å². The lowest BCUT2D eigenvalue weighted by atomic mass is 10.2. The summed E-state index contributed by atoms with van der Waals surface area (Å²) in [7, 11) is 1.67. The monoisotopic (exact) mass is 305 g/mol. The van der Waals surface area contributed by atoms with Crippen LogP contribution < -0.4 is 10.5 Å². The predicted molar refractivity (Wildman–Crippen MR) is 65.5 cm³/mol. The van der Waals surface area contributed by atoms with Gasteiger partial charge in [-0.15, -0.1) is 11.3 Å². The van der Waals surface area contributed by atoms with Crippen LogP contribution in [0.3, 0.4) is 0 Å². The molecular formula is C9H8INOS.